The number of ketones is 1. The van der Waals surface area contributed by atoms with E-state index in [4.69, 9.17) is 0 Å². The summed E-state index contributed by atoms with van der Waals surface area (Å²) in [6.07, 6.45) is 1.97. The largest absolute Gasteiger partial charge is 0.297 e. The van der Waals surface area contributed by atoms with Crippen LogP contribution in [0.25, 0.3) is 0 Å². The number of carbonyl (C=O) groups excluding carboxylic acids is 1. The summed E-state index contributed by atoms with van der Waals surface area (Å²) >= 11 is 14.6. The predicted molar refractivity (Wildman–Crippen MR) is 76.5 cm³/mol. The first-order chi connectivity index (χ1) is 6.71. The Bertz CT molecular complexity index is 327. The smallest absolute Gasteiger partial charge is 0.156 e. The lowest BCUT2D eigenvalue weighted by Gasteiger charge is -2.43. The Balaban J connectivity index is 2.61. The van der Waals surface area contributed by atoms with Crippen molar-refractivity contribution in [3.05, 3.63) is 0 Å². The minimum atomic E-state index is -0.365. The molecule has 3 atom stereocenters. The van der Waals surface area contributed by atoms with Crippen LogP contribution in [0.1, 0.15) is 26.7 Å². The highest BCUT2D eigenvalue weighted by atomic mass is 79.9. The molecular formula is C10H12Br4O. The van der Waals surface area contributed by atoms with Gasteiger partial charge in [0.25, 0.3) is 0 Å². The highest BCUT2D eigenvalue weighted by Crippen LogP contribution is 2.72. The molecule has 2 aliphatic carbocycles. The number of Topliss-reactive ketones (excluding diaryl/α,β-unsaturated/α-hetero) is 1. The van der Waals surface area contributed by atoms with Gasteiger partial charge in [-0.05, 0) is 12.8 Å². The van der Waals surface area contributed by atoms with Gasteiger partial charge in [-0.15, -0.1) is 0 Å². The molecule has 2 aliphatic rings. The van der Waals surface area contributed by atoms with Crippen molar-refractivity contribution in [1.82, 2.24) is 0 Å². The van der Waals surface area contributed by atoms with Crippen molar-refractivity contribution in [2.45, 2.75) is 39.6 Å². The molecule has 0 aliphatic heterocycles. The Morgan fingerprint density at radius 2 is 1.87 bits per heavy atom. The van der Waals surface area contributed by atoms with Crippen LogP contribution in [0.5, 0.6) is 0 Å². The predicted octanol–water partition coefficient (Wildman–Crippen LogP) is 4.39. The Hall–Kier alpha value is 1.59. The van der Waals surface area contributed by atoms with E-state index in [0.29, 0.717) is 5.78 Å². The fourth-order valence-electron chi connectivity index (χ4n) is 3.13. The summed E-state index contributed by atoms with van der Waals surface area (Å²) in [6.45, 7) is 4.11. The summed E-state index contributed by atoms with van der Waals surface area (Å²) in [7, 11) is 0. The van der Waals surface area contributed by atoms with Gasteiger partial charge in [0, 0.05) is 15.7 Å². The molecule has 15 heavy (non-hydrogen) atoms. The van der Waals surface area contributed by atoms with Crippen molar-refractivity contribution < 1.29 is 4.79 Å². The van der Waals surface area contributed by atoms with E-state index >= 15 is 0 Å². The molecule has 1 nitrogen and oxygen atoms in total. The molecule has 0 spiro atoms. The zero-order valence-corrected chi connectivity index (χ0v) is 14.8. The van der Waals surface area contributed by atoms with Gasteiger partial charge in [0.2, 0.25) is 0 Å². The highest BCUT2D eigenvalue weighted by Gasteiger charge is 2.75. The van der Waals surface area contributed by atoms with Crippen molar-refractivity contribution in [3.63, 3.8) is 0 Å². The monoisotopic (exact) mass is 464 g/mol. The van der Waals surface area contributed by atoms with Crippen LogP contribution >= 0.6 is 63.7 Å². The minimum Gasteiger partial charge on any atom is -0.297 e. The summed E-state index contributed by atoms with van der Waals surface area (Å²) in [6, 6.07) is 0. The second kappa shape index (κ2) is 3.55. The van der Waals surface area contributed by atoms with Crippen LogP contribution in [0.4, 0.5) is 0 Å². The highest BCUT2D eigenvalue weighted by molar-refractivity contribution is 9.24. The van der Waals surface area contributed by atoms with Crippen LogP contribution < -0.4 is 0 Å². The standard InChI is InChI=1S/C10H12Br4O/c1-8(2)6(15)10(14)4-3-9(8,5(10)11)7(12)13/h5,7H,3-4H2,1-2H3/t5-,9-,10+/m1/s1. The number of fused-ring (bicyclic) bond motifs is 2. The molecule has 86 valence electrons. The Morgan fingerprint density at radius 3 is 2.13 bits per heavy atom. The van der Waals surface area contributed by atoms with Crippen molar-refractivity contribution >= 4 is 69.5 Å². The summed E-state index contributed by atoms with van der Waals surface area (Å²) in [5.41, 5.74) is -0.353. The molecule has 2 bridgehead atoms. The number of halogens is 4. The number of rotatable bonds is 1. The maximum absolute atomic E-state index is 12.4. The molecular weight excluding hydrogens is 456 g/mol. The maximum atomic E-state index is 12.4. The van der Waals surface area contributed by atoms with Crippen LogP contribution in [0.3, 0.4) is 0 Å². The van der Waals surface area contributed by atoms with Gasteiger partial charge in [-0.25, -0.2) is 0 Å². The van der Waals surface area contributed by atoms with E-state index in [0.717, 1.165) is 12.8 Å². The van der Waals surface area contributed by atoms with Gasteiger partial charge in [-0.1, -0.05) is 77.6 Å². The fraction of sp³-hybridized carbons (Fsp3) is 0.900. The molecule has 2 saturated carbocycles. The number of alkyl halides is 4. The second-order valence-electron chi connectivity index (χ2n) is 5.02. The second-order valence-corrected chi connectivity index (χ2v) is 10.4. The van der Waals surface area contributed by atoms with E-state index in [2.05, 4.69) is 77.6 Å². The lowest BCUT2D eigenvalue weighted by atomic mass is 9.65. The lowest BCUT2D eigenvalue weighted by Crippen LogP contribution is -2.45. The molecule has 0 amide bonds. The lowest BCUT2D eigenvalue weighted by molar-refractivity contribution is -0.131. The molecule has 0 radical (unpaired) electrons. The summed E-state index contributed by atoms with van der Waals surface area (Å²) in [4.78, 5) is 12.6. The average Bonchev–Trinajstić information content (AvgIpc) is 2.45. The molecule has 0 unspecified atom stereocenters. The van der Waals surface area contributed by atoms with Gasteiger partial charge >= 0.3 is 0 Å². The third kappa shape index (κ3) is 1.27. The zero-order valence-electron chi connectivity index (χ0n) is 8.49. The molecule has 2 rings (SSSR count). The average molecular weight is 468 g/mol. The Kier molecular flexibility index (Phi) is 3.08. The Morgan fingerprint density at radius 1 is 1.33 bits per heavy atom. The topological polar surface area (TPSA) is 17.1 Å². The number of hydrogen-bond acceptors (Lipinski definition) is 1. The van der Waals surface area contributed by atoms with Crippen LogP contribution in [0.2, 0.25) is 0 Å². The quantitative estimate of drug-likeness (QED) is 0.523. The molecule has 2 fully saturated rings. The molecule has 0 aromatic carbocycles. The van der Waals surface area contributed by atoms with Crippen molar-refractivity contribution in [2.75, 3.05) is 0 Å². The Labute approximate surface area is 124 Å². The fourth-order valence-corrected chi connectivity index (χ4v) is 8.58. The zero-order chi connectivity index (χ0) is 11.6. The van der Waals surface area contributed by atoms with E-state index in [1.807, 2.05) is 0 Å². The summed E-state index contributed by atoms with van der Waals surface area (Å²) < 4.78 is -0.209. The van der Waals surface area contributed by atoms with E-state index in [1.54, 1.807) is 0 Å². The van der Waals surface area contributed by atoms with Crippen LogP contribution in [0, 0.1) is 10.8 Å². The number of carbonyl (C=O) groups is 1. The van der Waals surface area contributed by atoms with Gasteiger partial charge in [0.05, 0.1) is 8.06 Å². The van der Waals surface area contributed by atoms with Crippen molar-refractivity contribution in [1.29, 1.82) is 0 Å². The first kappa shape index (κ1) is 13.0. The van der Waals surface area contributed by atoms with Gasteiger partial charge in [-0.3, -0.25) is 4.79 Å². The minimum absolute atomic E-state index is 0.0480. The third-order valence-electron chi connectivity index (χ3n) is 4.25. The van der Waals surface area contributed by atoms with Gasteiger partial charge in [0.1, 0.15) is 0 Å². The van der Waals surface area contributed by atoms with Crippen molar-refractivity contribution in [3.8, 4) is 0 Å². The van der Waals surface area contributed by atoms with E-state index in [9.17, 15) is 4.79 Å². The normalized spacial score (nSPS) is 47.9. The van der Waals surface area contributed by atoms with Gasteiger partial charge in [-0.2, -0.15) is 0 Å². The molecule has 0 aromatic heterocycles. The van der Waals surface area contributed by atoms with E-state index < -0.39 is 0 Å². The van der Waals surface area contributed by atoms with Gasteiger partial charge in [0.15, 0.2) is 5.78 Å². The third-order valence-corrected chi connectivity index (χ3v) is 9.32. The number of hydrogen-bond donors (Lipinski definition) is 0. The van der Waals surface area contributed by atoms with E-state index in [1.165, 1.54) is 0 Å². The summed E-state index contributed by atoms with van der Waals surface area (Å²) in [5.74, 6) is 0.326. The van der Waals surface area contributed by atoms with Gasteiger partial charge < -0.3 is 0 Å². The maximum Gasteiger partial charge on any atom is 0.156 e. The van der Waals surface area contributed by atoms with Crippen LogP contribution in [-0.4, -0.2) is 18.7 Å². The molecule has 0 heterocycles. The molecule has 5 heteroatoms. The van der Waals surface area contributed by atoms with Crippen LogP contribution in [0.15, 0.2) is 0 Å². The van der Waals surface area contributed by atoms with E-state index in [-0.39, 0.29) is 23.7 Å². The molecule has 0 N–H and O–H groups in total. The van der Waals surface area contributed by atoms with Crippen molar-refractivity contribution in [2.24, 2.45) is 10.8 Å². The molecule has 0 aromatic rings. The first-order valence-electron chi connectivity index (χ1n) is 4.87. The molecule has 0 saturated heterocycles. The first-order valence-corrected chi connectivity index (χ1v) is 8.41. The summed E-state index contributed by atoms with van der Waals surface area (Å²) in [5, 5.41) is 0. The SMILES string of the molecule is CC1(C)C(=O)[C@]2(Br)CC[C@]1(C(Br)Br)[C@H]2Br. The van der Waals surface area contributed by atoms with Crippen LogP contribution in [-0.2, 0) is 4.79 Å².